The van der Waals surface area contributed by atoms with Crippen molar-refractivity contribution in [3.63, 3.8) is 0 Å². The van der Waals surface area contributed by atoms with Crippen LogP contribution in [-0.2, 0) is 10.9 Å². The van der Waals surface area contributed by atoms with Crippen molar-refractivity contribution in [2.24, 2.45) is 4.99 Å². The summed E-state index contributed by atoms with van der Waals surface area (Å²) in [5.74, 6) is 0.655. The predicted octanol–water partition coefficient (Wildman–Crippen LogP) is 3.53. The minimum atomic E-state index is -4.46. The molecule has 1 fully saturated rings. The quantitative estimate of drug-likeness (QED) is 0.243. The van der Waals surface area contributed by atoms with Crippen LogP contribution in [0.15, 0.2) is 88.1 Å². The van der Waals surface area contributed by atoms with E-state index in [9.17, 15) is 17.6 Å². The van der Waals surface area contributed by atoms with Gasteiger partial charge in [-0.25, -0.2) is 0 Å². The molecular weight excluding hydrogens is 689 g/mol. The Hall–Kier alpha value is -4.11. The number of aliphatic imine (C=N–C) groups is 1. The molecule has 1 N–H and O–H groups in total. The molecule has 1 saturated heterocycles. The molecule has 0 aliphatic carbocycles. The zero-order chi connectivity index (χ0) is 30.5. The van der Waals surface area contributed by atoms with E-state index >= 15 is 0 Å². The molecule has 0 spiro atoms. The average Bonchev–Trinajstić information content (AvgIpc) is 3.37. The van der Waals surface area contributed by atoms with Crippen LogP contribution < -0.4 is 31.4 Å². The first-order chi connectivity index (χ1) is 21.3. The molecule has 4 heterocycles. The van der Waals surface area contributed by atoms with Gasteiger partial charge >= 0.3 is 231 Å². The normalized spacial score (nSPS) is 16.2. The first-order valence-corrected chi connectivity index (χ1v) is 16.2. The number of halogens is 5. The Morgan fingerprint density at radius 3 is 2.57 bits per heavy atom. The first-order valence-electron chi connectivity index (χ1n) is 13.9. The van der Waals surface area contributed by atoms with E-state index in [4.69, 9.17) is 4.74 Å². The third-order valence-electron chi connectivity index (χ3n) is 6.92. The topological polar surface area (TPSA) is 80.5 Å². The van der Waals surface area contributed by atoms with Crippen molar-refractivity contribution in [3.8, 4) is 17.2 Å². The fraction of sp³-hybridized carbons (Fsp3) is 0.226. The molecule has 0 radical (unpaired) electrons. The summed E-state index contributed by atoms with van der Waals surface area (Å²) >= 11 is -0.611. The van der Waals surface area contributed by atoms with E-state index in [0.29, 0.717) is 18.1 Å². The SMILES string of the molecule is Fc1cc(C2=CC=NC(Nc3ccc(-n4cnc(-c5ccc(C(F)(F)F)cn5)n4)cc3)=C[I-]2)cc(N2CCCCOCC2)c1. The fourth-order valence-corrected chi connectivity index (χ4v) is 6.66. The van der Waals surface area contributed by atoms with Crippen LogP contribution in [-0.4, -0.2) is 52.3 Å². The van der Waals surface area contributed by atoms with Gasteiger partial charge in [0.2, 0.25) is 0 Å². The van der Waals surface area contributed by atoms with Crippen LogP contribution in [0.2, 0.25) is 0 Å². The summed E-state index contributed by atoms with van der Waals surface area (Å²) < 4.78 is 63.5. The van der Waals surface area contributed by atoms with Gasteiger partial charge in [0.05, 0.1) is 5.56 Å². The van der Waals surface area contributed by atoms with Crippen LogP contribution in [0.25, 0.3) is 20.8 Å². The van der Waals surface area contributed by atoms with Crippen LogP contribution in [0.5, 0.6) is 0 Å². The van der Waals surface area contributed by atoms with Crippen molar-refractivity contribution in [1.29, 1.82) is 0 Å². The van der Waals surface area contributed by atoms with Crippen LogP contribution in [0, 0.1) is 5.82 Å². The Morgan fingerprint density at radius 1 is 0.909 bits per heavy atom. The van der Waals surface area contributed by atoms with E-state index in [1.165, 1.54) is 17.1 Å². The molecule has 13 heteroatoms. The van der Waals surface area contributed by atoms with Gasteiger partial charge in [-0.05, 0) is 6.07 Å². The van der Waals surface area contributed by atoms with Gasteiger partial charge in [-0.2, -0.15) is 13.2 Å². The summed E-state index contributed by atoms with van der Waals surface area (Å²) in [5.41, 5.74) is 2.66. The monoisotopic (exact) mass is 716 g/mol. The summed E-state index contributed by atoms with van der Waals surface area (Å²) in [6.45, 7) is 3.02. The molecule has 2 aromatic carbocycles. The number of pyridine rings is 1. The first kappa shape index (κ1) is 29.9. The number of hydrogen-bond donors (Lipinski definition) is 1. The Labute approximate surface area is 261 Å². The van der Waals surface area contributed by atoms with Gasteiger partial charge < -0.3 is 0 Å². The number of ether oxygens (including phenoxy) is 1. The molecule has 0 atom stereocenters. The third kappa shape index (κ3) is 7.33. The van der Waals surface area contributed by atoms with Gasteiger partial charge in [-0.3, -0.25) is 0 Å². The van der Waals surface area contributed by atoms with E-state index in [-0.39, 0.29) is 17.3 Å². The molecule has 6 rings (SSSR count). The second kappa shape index (κ2) is 13.3. The second-order valence-corrected chi connectivity index (χ2v) is 12.4. The van der Waals surface area contributed by atoms with Crippen molar-refractivity contribution in [1.82, 2.24) is 19.7 Å². The van der Waals surface area contributed by atoms with E-state index in [0.717, 1.165) is 65.3 Å². The summed E-state index contributed by atoms with van der Waals surface area (Å²) in [5, 5.41) is 7.68. The van der Waals surface area contributed by atoms with Crippen molar-refractivity contribution < 1.29 is 43.5 Å². The van der Waals surface area contributed by atoms with E-state index in [1.54, 1.807) is 18.3 Å². The van der Waals surface area contributed by atoms with Crippen LogP contribution in [0.4, 0.5) is 28.9 Å². The number of allylic oxidation sites excluding steroid dienone is 1. The summed E-state index contributed by atoms with van der Waals surface area (Å²) in [6, 6.07) is 14.8. The molecule has 44 heavy (non-hydrogen) atoms. The molecular formula is C31H27F4IN7O-. The molecule has 2 aromatic heterocycles. The van der Waals surface area contributed by atoms with Crippen LogP contribution in [0.3, 0.4) is 0 Å². The molecule has 8 nitrogen and oxygen atoms in total. The van der Waals surface area contributed by atoms with E-state index in [1.807, 2.05) is 30.3 Å². The van der Waals surface area contributed by atoms with Gasteiger partial charge in [-0.15, -0.1) is 0 Å². The summed E-state index contributed by atoms with van der Waals surface area (Å²) in [7, 11) is 0. The van der Waals surface area contributed by atoms with Gasteiger partial charge in [0.15, 0.2) is 0 Å². The standard InChI is InChI=1S/C31H27F4IN7O/c32-23-15-21(16-26(17-23)42-11-1-2-13-44-14-12-42)27-9-10-37-29(18-36-27)40-24-4-6-25(7-5-24)43-20-39-30(41-43)28-8-3-22(19-38-28)31(33,34)35/h3-10,15-20,40H,1-2,11-14H2/q-1. The second-order valence-electron chi connectivity index (χ2n) is 10.0. The van der Waals surface area contributed by atoms with Crippen molar-refractivity contribution >= 4 is 21.2 Å². The Kier molecular flexibility index (Phi) is 9.02. The van der Waals surface area contributed by atoms with Gasteiger partial charge in [0.1, 0.15) is 0 Å². The van der Waals surface area contributed by atoms with Crippen molar-refractivity contribution in [2.45, 2.75) is 19.0 Å². The average molecular weight is 717 g/mol. The number of rotatable bonds is 6. The van der Waals surface area contributed by atoms with Gasteiger partial charge in [0, 0.05) is 6.20 Å². The van der Waals surface area contributed by atoms with E-state index in [2.05, 4.69) is 40.4 Å². The Balaban J connectivity index is 1.10. The number of nitrogens with one attached hydrogen (secondary N) is 1. The van der Waals surface area contributed by atoms with Crippen LogP contribution in [0.1, 0.15) is 24.0 Å². The molecule has 2 aliphatic heterocycles. The molecule has 0 saturated carbocycles. The number of hydrogen-bond acceptors (Lipinski definition) is 7. The summed E-state index contributed by atoms with van der Waals surface area (Å²) in [6.07, 6.45) is 3.48. The van der Waals surface area contributed by atoms with E-state index < -0.39 is 32.9 Å². The number of alkyl halides is 3. The van der Waals surface area contributed by atoms with Gasteiger partial charge in [0.25, 0.3) is 0 Å². The molecule has 228 valence electrons. The zero-order valence-electron chi connectivity index (χ0n) is 23.3. The molecule has 0 unspecified atom stereocenters. The van der Waals surface area contributed by atoms with Gasteiger partial charge in [-0.1, -0.05) is 0 Å². The number of anilines is 2. The van der Waals surface area contributed by atoms with Crippen molar-refractivity contribution in [2.75, 3.05) is 36.5 Å². The van der Waals surface area contributed by atoms with Crippen molar-refractivity contribution in [3.05, 3.63) is 100 Å². The maximum absolute atomic E-state index is 14.7. The molecule has 0 amide bonds. The third-order valence-corrected chi connectivity index (χ3v) is 9.48. The number of nitrogens with zero attached hydrogens (tertiary/aromatic N) is 6. The van der Waals surface area contributed by atoms with Crippen LogP contribution >= 0.6 is 0 Å². The number of benzene rings is 2. The summed E-state index contributed by atoms with van der Waals surface area (Å²) in [4.78, 5) is 14.8. The molecule has 2 aliphatic rings. The fourth-order valence-electron chi connectivity index (χ4n) is 4.67. The number of aromatic nitrogens is 4. The maximum atomic E-state index is 14.7. The molecule has 4 aromatic rings. The zero-order valence-corrected chi connectivity index (χ0v) is 25.5. The Bertz CT molecular complexity index is 1690. The predicted molar refractivity (Wildman–Crippen MR) is 156 cm³/mol. The Morgan fingerprint density at radius 2 is 1.77 bits per heavy atom. The molecule has 0 bridgehead atoms. The minimum absolute atomic E-state index is 0.215.